The summed E-state index contributed by atoms with van der Waals surface area (Å²) < 4.78 is 13.1. The van der Waals surface area contributed by atoms with Crippen molar-refractivity contribution in [1.82, 2.24) is 15.1 Å². The zero-order valence-corrected chi connectivity index (χ0v) is 15.2. The Morgan fingerprint density at radius 3 is 2.92 bits per heavy atom. The molecule has 4 rings (SSSR count). The maximum absolute atomic E-state index is 12.7. The maximum Gasteiger partial charge on any atom is 0.255 e. The van der Waals surface area contributed by atoms with Gasteiger partial charge in [0.05, 0.1) is 25.3 Å². The number of hydrogen-bond acceptors (Lipinski definition) is 5. The van der Waals surface area contributed by atoms with Gasteiger partial charge in [0.25, 0.3) is 5.91 Å². The monoisotopic (exact) mass is 369 g/mol. The third-order valence-electron chi connectivity index (χ3n) is 4.10. The minimum atomic E-state index is -0.145. The van der Waals surface area contributed by atoms with Gasteiger partial charge in [0.2, 0.25) is 0 Å². The van der Waals surface area contributed by atoms with E-state index in [0.717, 1.165) is 22.6 Å². The highest BCUT2D eigenvalue weighted by Crippen LogP contribution is 2.34. The molecule has 1 N–H and O–H groups in total. The van der Waals surface area contributed by atoms with E-state index in [2.05, 4.69) is 10.4 Å². The van der Waals surface area contributed by atoms with Gasteiger partial charge in [-0.3, -0.25) is 9.48 Å². The molecule has 1 aliphatic rings. The van der Waals surface area contributed by atoms with Gasteiger partial charge in [-0.2, -0.15) is 5.10 Å². The van der Waals surface area contributed by atoms with Crippen LogP contribution in [-0.4, -0.2) is 28.9 Å². The van der Waals surface area contributed by atoms with Crippen LogP contribution in [0.2, 0.25) is 0 Å². The molecule has 0 saturated heterocycles. The van der Waals surface area contributed by atoms with Crippen LogP contribution in [0.4, 0.5) is 0 Å². The van der Waals surface area contributed by atoms with Gasteiger partial charge in [0.15, 0.2) is 11.5 Å². The van der Waals surface area contributed by atoms with Gasteiger partial charge < -0.3 is 14.8 Å². The summed E-state index contributed by atoms with van der Waals surface area (Å²) in [4.78, 5) is 13.8. The maximum atomic E-state index is 12.7. The van der Waals surface area contributed by atoms with Crippen LogP contribution < -0.4 is 14.8 Å². The molecule has 134 valence electrons. The summed E-state index contributed by atoms with van der Waals surface area (Å²) in [6.07, 6.45) is 2.59. The first kappa shape index (κ1) is 16.7. The number of benzene rings is 1. The predicted octanol–water partition coefficient (Wildman–Crippen LogP) is 3.24. The van der Waals surface area contributed by atoms with Crippen molar-refractivity contribution in [2.75, 3.05) is 13.2 Å². The minimum Gasteiger partial charge on any atom is -0.490 e. The first-order valence-electron chi connectivity index (χ1n) is 8.45. The molecule has 0 atom stereocenters. The second-order valence-electron chi connectivity index (χ2n) is 6.04. The number of rotatable bonds is 4. The number of aromatic nitrogens is 2. The molecule has 0 unspecified atom stereocenters. The molecule has 0 aliphatic carbocycles. The van der Waals surface area contributed by atoms with Crippen LogP contribution >= 0.6 is 11.3 Å². The zero-order chi connectivity index (χ0) is 17.9. The summed E-state index contributed by atoms with van der Waals surface area (Å²) in [5, 5.41) is 9.44. The second kappa shape index (κ2) is 7.21. The fraction of sp³-hybridized carbons (Fsp3) is 0.263. The Morgan fingerprint density at radius 1 is 1.27 bits per heavy atom. The van der Waals surface area contributed by atoms with Crippen molar-refractivity contribution in [1.29, 1.82) is 0 Å². The SMILES string of the molecule is Cn1cc(C(=O)NCc2cccs2)c(-c2ccc3c(c2)OCCCO3)n1. The van der Waals surface area contributed by atoms with Crippen molar-refractivity contribution < 1.29 is 14.3 Å². The molecular weight excluding hydrogens is 350 g/mol. The van der Waals surface area contributed by atoms with Crippen molar-refractivity contribution in [2.24, 2.45) is 7.05 Å². The Labute approximate surface area is 155 Å². The summed E-state index contributed by atoms with van der Waals surface area (Å²) in [5.41, 5.74) is 2.00. The largest absolute Gasteiger partial charge is 0.490 e. The molecule has 6 nitrogen and oxygen atoms in total. The quantitative estimate of drug-likeness (QED) is 0.767. The van der Waals surface area contributed by atoms with E-state index in [9.17, 15) is 4.79 Å². The second-order valence-corrected chi connectivity index (χ2v) is 7.07. The number of thiophene rings is 1. The predicted molar refractivity (Wildman–Crippen MR) is 99.7 cm³/mol. The van der Waals surface area contributed by atoms with Crippen LogP contribution in [0.25, 0.3) is 11.3 Å². The number of aryl methyl sites for hydroxylation is 1. The lowest BCUT2D eigenvalue weighted by atomic mass is 10.1. The molecular formula is C19H19N3O3S. The Morgan fingerprint density at radius 2 is 2.12 bits per heavy atom. The van der Waals surface area contributed by atoms with Crippen molar-refractivity contribution in [3.63, 3.8) is 0 Å². The van der Waals surface area contributed by atoms with Crippen LogP contribution in [0, 0.1) is 0 Å². The normalized spacial score (nSPS) is 13.3. The van der Waals surface area contributed by atoms with E-state index in [1.54, 1.807) is 22.2 Å². The fourth-order valence-corrected chi connectivity index (χ4v) is 3.50. The molecule has 2 aromatic heterocycles. The smallest absolute Gasteiger partial charge is 0.255 e. The van der Waals surface area contributed by atoms with Gasteiger partial charge in [-0.25, -0.2) is 0 Å². The Hall–Kier alpha value is -2.80. The third-order valence-corrected chi connectivity index (χ3v) is 4.97. The molecule has 7 heteroatoms. The summed E-state index contributed by atoms with van der Waals surface area (Å²) in [6, 6.07) is 9.64. The molecule has 0 spiro atoms. The number of carbonyl (C=O) groups excluding carboxylic acids is 1. The first-order chi connectivity index (χ1) is 12.7. The number of fused-ring (bicyclic) bond motifs is 1. The summed E-state index contributed by atoms with van der Waals surface area (Å²) in [6.45, 7) is 1.77. The zero-order valence-electron chi connectivity index (χ0n) is 14.4. The number of amides is 1. The number of carbonyl (C=O) groups is 1. The molecule has 1 aromatic carbocycles. The number of hydrogen-bond donors (Lipinski definition) is 1. The molecule has 3 aromatic rings. The van der Waals surface area contributed by atoms with Gasteiger partial charge in [0, 0.05) is 30.1 Å². The van der Waals surface area contributed by atoms with E-state index in [4.69, 9.17) is 9.47 Å². The first-order valence-corrected chi connectivity index (χ1v) is 9.33. The molecule has 1 aliphatic heterocycles. The standard InChI is InChI=1S/C19H19N3O3S/c1-22-12-15(19(23)20-11-14-4-2-9-26-14)18(21-22)13-5-6-16-17(10-13)25-8-3-7-24-16/h2,4-6,9-10,12H,3,7-8,11H2,1H3,(H,20,23). The van der Waals surface area contributed by atoms with Crippen LogP contribution in [0.1, 0.15) is 21.7 Å². The highest BCUT2D eigenvalue weighted by atomic mass is 32.1. The molecule has 0 radical (unpaired) electrons. The van der Waals surface area contributed by atoms with Gasteiger partial charge in [0.1, 0.15) is 5.69 Å². The summed E-state index contributed by atoms with van der Waals surface area (Å²) >= 11 is 1.62. The molecule has 3 heterocycles. The molecule has 0 fully saturated rings. The van der Waals surface area contributed by atoms with Crippen molar-refractivity contribution >= 4 is 17.2 Å². The van der Waals surface area contributed by atoms with Crippen molar-refractivity contribution in [3.05, 3.63) is 52.3 Å². The van der Waals surface area contributed by atoms with Gasteiger partial charge in [-0.1, -0.05) is 6.07 Å². The van der Waals surface area contributed by atoms with Crippen molar-refractivity contribution in [3.8, 4) is 22.8 Å². The van der Waals surface area contributed by atoms with E-state index < -0.39 is 0 Å². The van der Waals surface area contributed by atoms with Gasteiger partial charge >= 0.3 is 0 Å². The van der Waals surface area contributed by atoms with Gasteiger partial charge in [-0.15, -0.1) is 11.3 Å². The lowest BCUT2D eigenvalue weighted by Gasteiger charge is -2.09. The Balaban J connectivity index is 1.61. The number of nitrogens with zero attached hydrogens (tertiary/aromatic N) is 2. The lowest BCUT2D eigenvalue weighted by molar-refractivity contribution is 0.0952. The topological polar surface area (TPSA) is 65.4 Å². The Kier molecular flexibility index (Phi) is 4.62. The summed E-state index contributed by atoms with van der Waals surface area (Å²) in [5.74, 6) is 1.27. The van der Waals surface area contributed by atoms with E-state index in [1.165, 1.54) is 0 Å². The highest BCUT2D eigenvalue weighted by molar-refractivity contribution is 7.09. The number of ether oxygens (including phenoxy) is 2. The lowest BCUT2D eigenvalue weighted by Crippen LogP contribution is -2.22. The van der Waals surface area contributed by atoms with Gasteiger partial charge in [-0.05, 0) is 29.6 Å². The van der Waals surface area contributed by atoms with E-state index >= 15 is 0 Å². The fourth-order valence-electron chi connectivity index (χ4n) is 2.85. The number of nitrogens with one attached hydrogen (secondary N) is 1. The highest BCUT2D eigenvalue weighted by Gasteiger charge is 2.19. The van der Waals surface area contributed by atoms with E-state index in [-0.39, 0.29) is 5.91 Å². The molecule has 26 heavy (non-hydrogen) atoms. The van der Waals surface area contributed by atoms with Crippen LogP contribution in [0.5, 0.6) is 11.5 Å². The van der Waals surface area contributed by atoms with Crippen molar-refractivity contribution in [2.45, 2.75) is 13.0 Å². The van der Waals surface area contributed by atoms with E-state index in [0.29, 0.717) is 36.8 Å². The minimum absolute atomic E-state index is 0.145. The average Bonchev–Trinajstić information content (AvgIpc) is 3.23. The molecule has 0 saturated carbocycles. The average molecular weight is 369 g/mol. The van der Waals surface area contributed by atoms with Crippen LogP contribution in [0.15, 0.2) is 41.9 Å². The summed E-state index contributed by atoms with van der Waals surface area (Å²) in [7, 11) is 1.81. The van der Waals surface area contributed by atoms with Crippen LogP contribution in [-0.2, 0) is 13.6 Å². The Bertz CT molecular complexity index is 918. The van der Waals surface area contributed by atoms with E-state index in [1.807, 2.05) is 42.8 Å². The van der Waals surface area contributed by atoms with Crippen LogP contribution in [0.3, 0.4) is 0 Å². The molecule has 0 bridgehead atoms. The molecule has 1 amide bonds. The third kappa shape index (κ3) is 3.43.